The lowest BCUT2D eigenvalue weighted by molar-refractivity contribution is 0.948. The van der Waals surface area contributed by atoms with Gasteiger partial charge in [0.05, 0.1) is 5.69 Å². The fraction of sp³-hybridized carbons (Fsp3) is 0.238. The van der Waals surface area contributed by atoms with Crippen molar-refractivity contribution in [3.63, 3.8) is 0 Å². The lowest BCUT2D eigenvalue weighted by atomic mass is 10.1. The molecular formula is C21H24N4. The molecule has 4 heteroatoms. The molecule has 25 heavy (non-hydrogen) atoms. The van der Waals surface area contributed by atoms with Gasteiger partial charge in [0.1, 0.15) is 5.82 Å². The van der Waals surface area contributed by atoms with Crippen molar-refractivity contribution in [2.75, 3.05) is 23.7 Å². The van der Waals surface area contributed by atoms with Gasteiger partial charge < -0.3 is 10.6 Å². The zero-order valence-electron chi connectivity index (χ0n) is 14.6. The Balaban J connectivity index is 1.75. The molecule has 0 unspecified atom stereocenters. The summed E-state index contributed by atoms with van der Waals surface area (Å²) in [7, 11) is 0. The van der Waals surface area contributed by atoms with E-state index in [-0.39, 0.29) is 0 Å². The first kappa shape index (κ1) is 17.0. The Kier molecular flexibility index (Phi) is 5.99. The summed E-state index contributed by atoms with van der Waals surface area (Å²) >= 11 is 0. The molecule has 3 aromatic rings. The minimum atomic E-state index is 0.672. The third kappa shape index (κ3) is 5.05. The molecule has 0 atom stereocenters. The number of hydrogen-bond acceptors (Lipinski definition) is 4. The lowest BCUT2D eigenvalue weighted by Crippen LogP contribution is -2.10. The zero-order chi connectivity index (χ0) is 17.3. The fourth-order valence-electron chi connectivity index (χ4n) is 2.59. The third-order valence-electron chi connectivity index (χ3n) is 3.89. The summed E-state index contributed by atoms with van der Waals surface area (Å²) in [5.41, 5.74) is 3.34. The molecular weight excluding hydrogens is 308 g/mol. The van der Waals surface area contributed by atoms with Gasteiger partial charge in [-0.2, -0.15) is 4.98 Å². The van der Waals surface area contributed by atoms with Crippen molar-refractivity contribution in [1.29, 1.82) is 0 Å². The average Bonchev–Trinajstić information content (AvgIpc) is 2.68. The van der Waals surface area contributed by atoms with Crippen LogP contribution in [0.3, 0.4) is 0 Å². The molecule has 0 radical (unpaired) electrons. The van der Waals surface area contributed by atoms with Crippen LogP contribution in [-0.2, 0) is 6.42 Å². The van der Waals surface area contributed by atoms with Crippen molar-refractivity contribution in [1.82, 2.24) is 9.97 Å². The first-order chi connectivity index (χ1) is 12.3. The SMILES string of the molecule is CCCNc1nc(NCCc2ccccc2)cc(-c2ccccc2)n1. The minimum absolute atomic E-state index is 0.672. The van der Waals surface area contributed by atoms with Crippen molar-refractivity contribution in [3.8, 4) is 11.3 Å². The van der Waals surface area contributed by atoms with Gasteiger partial charge in [-0.1, -0.05) is 67.6 Å². The number of rotatable bonds is 8. The maximum Gasteiger partial charge on any atom is 0.225 e. The molecule has 3 rings (SSSR count). The van der Waals surface area contributed by atoms with Gasteiger partial charge in [-0.05, 0) is 18.4 Å². The molecule has 4 nitrogen and oxygen atoms in total. The second-order valence-electron chi connectivity index (χ2n) is 5.92. The molecule has 0 saturated carbocycles. The van der Waals surface area contributed by atoms with E-state index in [1.54, 1.807) is 0 Å². The van der Waals surface area contributed by atoms with E-state index in [2.05, 4.69) is 63.9 Å². The average molecular weight is 332 g/mol. The Bertz CT molecular complexity index is 772. The second kappa shape index (κ2) is 8.83. The van der Waals surface area contributed by atoms with Gasteiger partial charge in [0, 0.05) is 24.7 Å². The minimum Gasteiger partial charge on any atom is -0.370 e. The molecule has 0 fully saturated rings. The highest BCUT2D eigenvalue weighted by atomic mass is 15.1. The van der Waals surface area contributed by atoms with Gasteiger partial charge in [0.15, 0.2) is 0 Å². The van der Waals surface area contributed by atoms with E-state index in [9.17, 15) is 0 Å². The van der Waals surface area contributed by atoms with Crippen LogP contribution >= 0.6 is 0 Å². The van der Waals surface area contributed by atoms with Crippen LogP contribution in [0.2, 0.25) is 0 Å². The van der Waals surface area contributed by atoms with Crippen LogP contribution in [0.4, 0.5) is 11.8 Å². The van der Waals surface area contributed by atoms with Crippen LogP contribution in [-0.4, -0.2) is 23.1 Å². The topological polar surface area (TPSA) is 49.8 Å². The zero-order valence-corrected chi connectivity index (χ0v) is 14.6. The standard InChI is InChI=1S/C21H24N4/c1-2-14-23-21-24-19(18-11-7-4-8-12-18)16-20(25-21)22-15-13-17-9-5-3-6-10-17/h3-12,16H,2,13-15H2,1H3,(H2,22,23,24,25). The van der Waals surface area contributed by atoms with E-state index in [1.165, 1.54) is 5.56 Å². The van der Waals surface area contributed by atoms with Crippen molar-refractivity contribution in [2.24, 2.45) is 0 Å². The predicted octanol–water partition coefficient (Wildman–Crippen LogP) is 4.62. The number of nitrogens with one attached hydrogen (secondary N) is 2. The van der Waals surface area contributed by atoms with Crippen molar-refractivity contribution in [2.45, 2.75) is 19.8 Å². The summed E-state index contributed by atoms with van der Waals surface area (Å²) < 4.78 is 0. The highest BCUT2D eigenvalue weighted by Crippen LogP contribution is 2.21. The van der Waals surface area contributed by atoms with Crippen LogP contribution in [0.15, 0.2) is 66.7 Å². The fourth-order valence-corrected chi connectivity index (χ4v) is 2.59. The van der Waals surface area contributed by atoms with Gasteiger partial charge in [-0.25, -0.2) is 4.98 Å². The Labute approximate surface area is 149 Å². The van der Waals surface area contributed by atoms with Gasteiger partial charge in [-0.3, -0.25) is 0 Å². The summed E-state index contributed by atoms with van der Waals surface area (Å²) in [5, 5.41) is 6.72. The van der Waals surface area contributed by atoms with Crippen LogP contribution in [0.25, 0.3) is 11.3 Å². The summed E-state index contributed by atoms with van der Waals surface area (Å²) in [5.74, 6) is 1.52. The van der Waals surface area contributed by atoms with E-state index in [0.717, 1.165) is 43.0 Å². The molecule has 1 aromatic heterocycles. The maximum atomic E-state index is 4.65. The molecule has 0 saturated heterocycles. The molecule has 0 spiro atoms. The molecule has 0 bridgehead atoms. The molecule has 0 aliphatic carbocycles. The van der Waals surface area contributed by atoms with E-state index >= 15 is 0 Å². The monoisotopic (exact) mass is 332 g/mol. The van der Waals surface area contributed by atoms with Gasteiger partial charge in [0.2, 0.25) is 5.95 Å². The molecule has 1 heterocycles. The molecule has 0 aliphatic rings. The lowest BCUT2D eigenvalue weighted by Gasteiger charge is -2.11. The first-order valence-electron chi connectivity index (χ1n) is 8.81. The van der Waals surface area contributed by atoms with Crippen molar-refractivity contribution >= 4 is 11.8 Å². The number of aromatic nitrogens is 2. The molecule has 0 amide bonds. The van der Waals surface area contributed by atoms with Crippen LogP contribution in [0.5, 0.6) is 0 Å². The summed E-state index contributed by atoms with van der Waals surface area (Å²) in [4.78, 5) is 9.24. The normalized spacial score (nSPS) is 10.4. The van der Waals surface area contributed by atoms with E-state index in [0.29, 0.717) is 5.95 Å². The summed E-state index contributed by atoms with van der Waals surface area (Å²) in [6.45, 7) is 3.83. The Morgan fingerprint density at radius 2 is 1.52 bits per heavy atom. The Hall–Kier alpha value is -2.88. The second-order valence-corrected chi connectivity index (χ2v) is 5.92. The number of anilines is 2. The Morgan fingerprint density at radius 3 is 2.24 bits per heavy atom. The number of benzene rings is 2. The van der Waals surface area contributed by atoms with Crippen LogP contribution < -0.4 is 10.6 Å². The molecule has 2 N–H and O–H groups in total. The summed E-state index contributed by atoms with van der Waals surface area (Å²) in [6, 6.07) is 22.7. The molecule has 0 aliphatic heterocycles. The Morgan fingerprint density at radius 1 is 0.800 bits per heavy atom. The molecule has 128 valence electrons. The highest BCUT2D eigenvalue weighted by molar-refractivity contribution is 5.64. The van der Waals surface area contributed by atoms with E-state index < -0.39 is 0 Å². The maximum absolute atomic E-state index is 4.65. The van der Waals surface area contributed by atoms with Crippen LogP contribution in [0.1, 0.15) is 18.9 Å². The quantitative estimate of drug-likeness (QED) is 0.632. The smallest absolute Gasteiger partial charge is 0.225 e. The van der Waals surface area contributed by atoms with Crippen LogP contribution in [0, 0.1) is 0 Å². The number of nitrogens with zero attached hydrogens (tertiary/aromatic N) is 2. The predicted molar refractivity (Wildman–Crippen MR) is 105 cm³/mol. The van der Waals surface area contributed by atoms with Crippen molar-refractivity contribution in [3.05, 3.63) is 72.3 Å². The number of hydrogen-bond donors (Lipinski definition) is 2. The first-order valence-corrected chi connectivity index (χ1v) is 8.81. The van der Waals surface area contributed by atoms with Gasteiger partial charge >= 0.3 is 0 Å². The van der Waals surface area contributed by atoms with Gasteiger partial charge in [0.25, 0.3) is 0 Å². The third-order valence-corrected chi connectivity index (χ3v) is 3.89. The van der Waals surface area contributed by atoms with E-state index in [4.69, 9.17) is 0 Å². The van der Waals surface area contributed by atoms with Gasteiger partial charge in [-0.15, -0.1) is 0 Å². The largest absolute Gasteiger partial charge is 0.370 e. The van der Waals surface area contributed by atoms with Crippen molar-refractivity contribution < 1.29 is 0 Å². The molecule has 2 aromatic carbocycles. The highest BCUT2D eigenvalue weighted by Gasteiger charge is 2.06. The summed E-state index contributed by atoms with van der Waals surface area (Å²) in [6.07, 6.45) is 2.00. The van der Waals surface area contributed by atoms with E-state index in [1.807, 2.05) is 30.3 Å².